The minimum absolute atomic E-state index is 0.176. The van der Waals surface area contributed by atoms with Crippen LogP contribution in [-0.2, 0) is 6.42 Å². The summed E-state index contributed by atoms with van der Waals surface area (Å²) in [5.41, 5.74) is 5.36. The van der Waals surface area contributed by atoms with Gasteiger partial charge in [-0.1, -0.05) is 60.7 Å². The van der Waals surface area contributed by atoms with Gasteiger partial charge >= 0.3 is 0 Å². The molecule has 0 aliphatic rings. The highest BCUT2D eigenvalue weighted by atomic mass is 16.1. The summed E-state index contributed by atoms with van der Waals surface area (Å²) in [5.74, 6) is 0. The summed E-state index contributed by atoms with van der Waals surface area (Å²) in [5, 5.41) is 2.35. The Morgan fingerprint density at radius 2 is 1.65 bits per heavy atom. The average molecular weight is 441 g/mol. The highest BCUT2D eigenvalue weighted by Gasteiger charge is 2.15. The summed E-state index contributed by atoms with van der Waals surface area (Å²) >= 11 is 0. The van der Waals surface area contributed by atoms with Crippen LogP contribution in [0.4, 0.5) is 0 Å². The zero-order valence-corrected chi connectivity index (χ0v) is 18.3. The summed E-state index contributed by atoms with van der Waals surface area (Å²) in [7, 11) is 0. The number of hydrogen-bond acceptors (Lipinski definition) is 4. The highest BCUT2D eigenvalue weighted by molar-refractivity contribution is 5.96. The second-order valence-corrected chi connectivity index (χ2v) is 8.16. The molecule has 0 saturated carbocycles. The quantitative estimate of drug-likeness (QED) is 0.359. The number of rotatable bonds is 4. The molecule has 0 aliphatic carbocycles. The molecule has 0 bridgehead atoms. The minimum atomic E-state index is -0.176. The SMILES string of the molecule is O=c1c(Cc2cccnc2)nc2cccnc2n1-c1cccc(-c2cccc3ccccc23)c1. The fourth-order valence-corrected chi connectivity index (χ4v) is 4.41. The number of pyridine rings is 2. The Kier molecular flexibility index (Phi) is 4.92. The van der Waals surface area contributed by atoms with Crippen LogP contribution in [0.5, 0.6) is 0 Å². The first kappa shape index (κ1) is 20.0. The molecule has 3 heterocycles. The van der Waals surface area contributed by atoms with Gasteiger partial charge in [0.1, 0.15) is 11.2 Å². The lowest BCUT2D eigenvalue weighted by Crippen LogP contribution is -2.25. The van der Waals surface area contributed by atoms with Gasteiger partial charge in [0.25, 0.3) is 5.56 Å². The van der Waals surface area contributed by atoms with Crippen molar-refractivity contribution in [2.45, 2.75) is 6.42 Å². The summed E-state index contributed by atoms with van der Waals surface area (Å²) in [6.45, 7) is 0. The summed E-state index contributed by atoms with van der Waals surface area (Å²) in [4.78, 5) is 27.0. The molecule has 0 amide bonds. The fraction of sp³-hybridized carbons (Fsp3) is 0.0345. The maximum Gasteiger partial charge on any atom is 0.278 e. The van der Waals surface area contributed by atoms with Gasteiger partial charge in [-0.25, -0.2) is 9.97 Å². The van der Waals surface area contributed by atoms with Crippen LogP contribution in [0.3, 0.4) is 0 Å². The van der Waals surface area contributed by atoms with E-state index in [4.69, 9.17) is 0 Å². The van der Waals surface area contributed by atoms with Gasteiger partial charge in [0.05, 0.1) is 5.69 Å². The van der Waals surface area contributed by atoms with Crippen LogP contribution in [0, 0.1) is 0 Å². The predicted molar refractivity (Wildman–Crippen MR) is 135 cm³/mol. The molecule has 0 atom stereocenters. The van der Waals surface area contributed by atoms with E-state index in [2.05, 4.69) is 51.4 Å². The first-order valence-electron chi connectivity index (χ1n) is 11.1. The molecule has 0 saturated heterocycles. The fourth-order valence-electron chi connectivity index (χ4n) is 4.41. The summed E-state index contributed by atoms with van der Waals surface area (Å²) in [6.07, 6.45) is 5.58. The van der Waals surface area contributed by atoms with E-state index in [-0.39, 0.29) is 5.56 Å². The lowest BCUT2D eigenvalue weighted by atomic mass is 9.98. The highest BCUT2D eigenvalue weighted by Crippen LogP contribution is 2.30. The van der Waals surface area contributed by atoms with Gasteiger partial charge in [0.2, 0.25) is 0 Å². The molecule has 0 aliphatic heterocycles. The van der Waals surface area contributed by atoms with E-state index in [0.717, 1.165) is 22.4 Å². The molecule has 5 nitrogen and oxygen atoms in total. The molecule has 0 unspecified atom stereocenters. The van der Waals surface area contributed by atoms with E-state index < -0.39 is 0 Å². The van der Waals surface area contributed by atoms with Crippen molar-refractivity contribution in [3.05, 3.63) is 131 Å². The minimum Gasteiger partial charge on any atom is -0.267 e. The van der Waals surface area contributed by atoms with Crippen LogP contribution in [0.2, 0.25) is 0 Å². The van der Waals surface area contributed by atoms with Gasteiger partial charge in [-0.3, -0.25) is 14.3 Å². The molecule has 6 rings (SSSR count). The standard InChI is InChI=1S/C29H20N4O/c34-29-27(17-20-7-5-15-30-19-20)32-26-14-6-16-31-28(26)33(29)23-11-3-10-22(18-23)25-13-4-9-21-8-1-2-12-24(21)25/h1-16,18-19H,17H2. The Morgan fingerprint density at radius 3 is 2.56 bits per heavy atom. The third kappa shape index (κ3) is 3.53. The van der Waals surface area contributed by atoms with Crippen molar-refractivity contribution in [1.29, 1.82) is 0 Å². The zero-order chi connectivity index (χ0) is 22.9. The van der Waals surface area contributed by atoms with E-state index in [1.54, 1.807) is 23.2 Å². The average Bonchev–Trinajstić information content (AvgIpc) is 2.89. The van der Waals surface area contributed by atoms with Gasteiger partial charge < -0.3 is 0 Å². The van der Waals surface area contributed by atoms with Gasteiger partial charge in [0, 0.05) is 25.0 Å². The number of aromatic nitrogens is 4. The van der Waals surface area contributed by atoms with Gasteiger partial charge in [-0.15, -0.1) is 0 Å². The molecule has 0 N–H and O–H groups in total. The molecule has 6 aromatic rings. The first-order chi connectivity index (χ1) is 16.8. The largest absolute Gasteiger partial charge is 0.278 e. The monoisotopic (exact) mass is 440 g/mol. The third-order valence-corrected chi connectivity index (χ3v) is 5.98. The molecule has 0 radical (unpaired) electrons. The third-order valence-electron chi connectivity index (χ3n) is 5.98. The summed E-state index contributed by atoms with van der Waals surface area (Å²) < 4.78 is 1.67. The second-order valence-electron chi connectivity index (χ2n) is 8.16. The van der Waals surface area contributed by atoms with Crippen molar-refractivity contribution in [3.8, 4) is 16.8 Å². The van der Waals surface area contributed by atoms with Gasteiger partial charge in [0.15, 0.2) is 5.65 Å². The molecular formula is C29H20N4O. The summed E-state index contributed by atoms with van der Waals surface area (Å²) in [6, 6.07) is 30.2. The van der Waals surface area contributed by atoms with Crippen LogP contribution >= 0.6 is 0 Å². The lowest BCUT2D eigenvalue weighted by Gasteiger charge is -2.13. The van der Waals surface area contributed by atoms with Crippen molar-refractivity contribution >= 4 is 21.9 Å². The molecule has 0 spiro atoms. The van der Waals surface area contributed by atoms with E-state index in [9.17, 15) is 4.79 Å². The molecule has 5 heteroatoms. The lowest BCUT2D eigenvalue weighted by molar-refractivity contribution is 0.925. The van der Waals surface area contributed by atoms with Crippen molar-refractivity contribution in [2.75, 3.05) is 0 Å². The van der Waals surface area contributed by atoms with Crippen LogP contribution < -0.4 is 5.56 Å². The zero-order valence-electron chi connectivity index (χ0n) is 18.3. The number of nitrogens with zero attached hydrogens (tertiary/aromatic N) is 4. The van der Waals surface area contributed by atoms with Crippen molar-refractivity contribution in [3.63, 3.8) is 0 Å². The van der Waals surface area contributed by atoms with Crippen molar-refractivity contribution < 1.29 is 0 Å². The number of benzene rings is 3. The Balaban J connectivity index is 1.56. The molecule has 3 aromatic carbocycles. The van der Waals surface area contributed by atoms with Crippen LogP contribution in [0.15, 0.2) is 114 Å². The van der Waals surface area contributed by atoms with E-state index in [1.807, 2.05) is 54.6 Å². The van der Waals surface area contributed by atoms with Crippen LogP contribution in [-0.4, -0.2) is 19.5 Å². The Morgan fingerprint density at radius 1 is 0.794 bits per heavy atom. The smallest absolute Gasteiger partial charge is 0.267 e. The second kappa shape index (κ2) is 8.37. The van der Waals surface area contributed by atoms with Crippen molar-refractivity contribution in [1.82, 2.24) is 19.5 Å². The Labute approximate surface area is 196 Å². The molecule has 162 valence electrons. The first-order valence-corrected chi connectivity index (χ1v) is 11.1. The van der Waals surface area contributed by atoms with E-state index >= 15 is 0 Å². The molecule has 0 fully saturated rings. The van der Waals surface area contributed by atoms with E-state index in [0.29, 0.717) is 23.3 Å². The normalized spacial score (nSPS) is 11.2. The van der Waals surface area contributed by atoms with Crippen LogP contribution in [0.25, 0.3) is 38.8 Å². The Bertz CT molecular complexity index is 1700. The van der Waals surface area contributed by atoms with E-state index in [1.165, 1.54) is 10.8 Å². The van der Waals surface area contributed by atoms with Crippen molar-refractivity contribution in [2.24, 2.45) is 0 Å². The maximum atomic E-state index is 13.7. The molecular weight excluding hydrogens is 420 g/mol. The predicted octanol–water partition coefficient (Wildman–Crippen LogP) is 5.59. The number of fused-ring (bicyclic) bond motifs is 2. The number of hydrogen-bond donors (Lipinski definition) is 0. The van der Waals surface area contributed by atoms with Gasteiger partial charge in [-0.05, 0) is 57.8 Å². The van der Waals surface area contributed by atoms with Gasteiger partial charge in [-0.2, -0.15) is 0 Å². The maximum absolute atomic E-state index is 13.7. The van der Waals surface area contributed by atoms with Crippen LogP contribution in [0.1, 0.15) is 11.3 Å². The topological polar surface area (TPSA) is 60.7 Å². The molecule has 34 heavy (non-hydrogen) atoms. The molecule has 3 aromatic heterocycles. The Hall–Kier alpha value is -4.64.